The zero-order valence-electron chi connectivity index (χ0n) is 11.7. The minimum absolute atomic E-state index is 0.343. The maximum atomic E-state index is 12.0. The van der Waals surface area contributed by atoms with Crippen LogP contribution in [0.4, 0.5) is 0 Å². The fraction of sp³-hybridized carbons (Fsp3) is 0.533. The first-order valence-electron chi connectivity index (χ1n) is 7.24. The lowest BCUT2D eigenvalue weighted by atomic mass is 9.80. The molecule has 1 heterocycles. The van der Waals surface area contributed by atoms with E-state index in [0.29, 0.717) is 34.7 Å². The molecule has 1 N–H and O–H groups in total. The van der Waals surface area contributed by atoms with Gasteiger partial charge >= 0.3 is 0 Å². The molecule has 1 aliphatic carbocycles. The van der Waals surface area contributed by atoms with Crippen LogP contribution in [0.1, 0.15) is 38.2 Å². The highest BCUT2D eigenvalue weighted by Crippen LogP contribution is 2.30. The lowest BCUT2D eigenvalue weighted by molar-refractivity contribution is 0.264. The average Bonchev–Trinajstić information content (AvgIpc) is 2.70. The molecule has 20 heavy (non-hydrogen) atoms. The number of fused-ring (bicyclic) bond motifs is 1. The summed E-state index contributed by atoms with van der Waals surface area (Å²) in [5, 5.41) is 0. The third-order valence-electron chi connectivity index (χ3n) is 4.44. The van der Waals surface area contributed by atoms with E-state index in [4.69, 9.17) is 0 Å². The van der Waals surface area contributed by atoms with Gasteiger partial charge in [0.05, 0.1) is 4.90 Å². The lowest BCUT2D eigenvalue weighted by Crippen LogP contribution is -2.25. The van der Waals surface area contributed by atoms with Crippen molar-refractivity contribution in [1.82, 2.24) is 4.72 Å². The summed E-state index contributed by atoms with van der Waals surface area (Å²) in [5.74, 6) is 1.77. The maximum Gasteiger partial charge on any atom is 0.263 e. The molecule has 1 aromatic rings. The summed E-state index contributed by atoms with van der Waals surface area (Å²) in [6, 6.07) is 7.03. The van der Waals surface area contributed by atoms with E-state index in [1.54, 1.807) is 12.1 Å². The van der Waals surface area contributed by atoms with Crippen molar-refractivity contribution in [3.05, 3.63) is 29.8 Å². The molecular formula is C15H20N2O2S. The molecule has 0 bridgehead atoms. The van der Waals surface area contributed by atoms with Crippen LogP contribution in [-0.2, 0) is 10.0 Å². The normalized spacial score (nSPS) is 29.9. The molecule has 1 saturated carbocycles. The SMILES string of the molecule is CC1CCCCC1CN=C1NS(=O)(=O)c2ccccc21. The van der Waals surface area contributed by atoms with Gasteiger partial charge in [-0.2, -0.15) is 0 Å². The zero-order chi connectivity index (χ0) is 14.2. The Balaban J connectivity index is 1.83. The summed E-state index contributed by atoms with van der Waals surface area (Å²) in [6.45, 7) is 2.99. The molecule has 0 aromatic heterocycles. The second-order valence-corrected chi connectivity index (χ2v) is 7.46. The molecular weight excluding hydrogens is 272 g/mol. The van der Waals surface area contributed by atoms with Crippen molar-refractivity contribution in [3.63, 3.8) is 0 Å². The van der Waals surface area contributed by atoms with Gasteiger partial charge in [-0.15, -0.1) is 0 Å². The number of hydrogen-bond donors (Lipinski definition) is 1. The first kappa shape index (κ1) is 13.6. The van der Waals surface area contributed by atoms with Crippen molar-refractivity contribution >= 4 is 15.9 Å². The second-order valence-electron chi connectivity index (χ2n) is 5.81. The highest BCUT2D eigenvalue weighted by molar-refractivity contribution is 7.90. The lowest BCUT2D eigenvalue weighted by Gasteiger charge is -2.27. The molecule has 3 rings (SSSR count). The summed E-state index contributed by atoms with van der Waals surface area (Å²) < 4.78 is 26.5. The monoisotopic (exact) mass is 292 g/mol. The van der Waals surface area contributed by atoms with E-state index in [-0.39, 0.29) is 0 Å². The van der Waals surface area contributed by atoms with Gasteiger partial charge in [0.25, 0.3) is 10.0 Å². The van der Waals surface area contributed by atoms with E-state index >= 15 is 0 Å². The van der Waals surface area contributed by atoms with Crippen molar-refractivity contribution in [1.29, 1.82) is 0 Å². The molecule has 1 aliphatic heterocycles. The van der Waals surface area contributed by atoms with Gasteiger partial charge in [0.15, 0.2) is 0 Å². The number of sulfonamides is 1. The van der Waals surface area contributed by atoms with E-state index in [1.165, 1.54) is 25.7 Å². The molecule has 2 atom stereocenters. The molecule has 4 nitrogen and oxygen atoms in total. The van der Waals surface area contributed by atoms with Crippen molar-refractivity contribution in [2.75, 3.05) is 6.54 Å². The Morgan fingerprint density at radius 3 is 2.80 bits per heavy atom. The van der Waals surface area contributed by atoms with Gasteiger partial charge in [0, 0.05) is 12.1 Å². The third-order valence-corrected chi connectivity index (χ3v) is 5.83. The van der Waals surface area contributed by atoms with E-state index in [0.717, 1.165) is 0 Å². The van der Waals surface area contributed by atoms with Crippen LogP contribution < -0.4 is 4.72 Å². The molecule has 0 amide bonds. The average molecular weight is 292 g/mol. The van der Waals surface area contributed by atoms with Crippen LogP contribution in [0, 0.1) is 11.8 Å². The number of nitrogens with zero attached hydrogens (tertiary/aromatic N) is 1. The van der Waals surface area contributed by atoms with Crippen molar-refractivity contribution in [3.8, 4) is 0 Å². The third kappa shape index (κ3) is 2.46. The molecule has 2 unspecified atom stereocenters. The van der Waals surface area contributed by atoms with Gasteiger partial charge in [-0.1, -0.05) is 38.3 Å². The Morgan fingerprint density at radius 1 is 1.25 bits per heavy atom. The van der Waals surface area contributed by atoms with Crippen LogP contribution in [-0.4, -0.2) is 20.8 Å². The first-order chi connectivity index (χ1) is 9.58. The summed E-state index contributed by atoms with van der Waals surface area (Å²) in [6.07, 6.45) is 5.04. The molecule has 0 radical (unpaired) electrons. The molecule has 2 aliphatic rings. The number of hydrogen-bond acceptors (Lipinski definition) is 3. The molecule has 0 saturated heterocycles. The Hall–Kier alpha value is -1.36. The number of amidine groups is 1. The van der Waals surface area contributed by atoms with Gasteiger partial charge in [0.2, 0.25) is 0 Å². The predicted octanol–water partition coefficient (Wildman–Crippen LogP) is 2.55. The Bertz CT molecular complexity index is 637. The number of benzene rings is 1. The topological polar surface area (TPSA) is 58.5 Å². The summed E-state index contributed by atoms with van der Waals surface area (Å²) in [5.41, 5.74) is 0.705. The van der Waals surface area contributed by atoms with Gasteiger partial charge in [-0.25, -0.2) is 8.42 Å². The van der Waals surface area contributed by atoms with E-state index in [9.17, 15) is 8.42 Å². The van der Waals surface area contributed by atoms with E-state index in [2.05, 4.69) is 16.6 Å². The zero-order valence-corrected chi connectivity index (χ0v) is 12.5. The number of aliphatic imine (C=N–C) groups is 1. The standard InChI is InChI=1S/C15H20N2O2S/c1-11-6-2-3-7-12(11)10-16-15-13-8-4-5-9-14(13)20(18,19)17-15/h4-5,8-9,11-12H,2-3,6-7,10H2,1H3,(H,16,17). The molecule has 0 spiro atoms. The molecule has 1 fully saturated rings. The van der Waals surface area contributed by atoms with Crippen molar-refractivity contribution in [2.24, 2.45) is 16.8 Å². The van der Waals surface area contributed by atoms with Crippen molar-refractivity contribution < 1.29 is 8.42 Å². The largest absolute Gasteiger partial charge is 0.267 e. The predicted molar refractivity (Wildman–Crippen MR) is 79.3 cm³/mol. The van der Waals surface area contributed by atoms with Crippen LogP contribution in [0.25, 0.3) is 0 Å². The maximum absolute atomic E-state index is 12.0. The summed E-state index contributed by atoms with van der Waals surface area (Å²) in [7, 11) is -3.40. The molecule has 1 aromatic carbocycles. The van der Waals surface area contributed by atoms with Gasteiger partial charge in [0.1, 0.15) is 5.84 Å². The fourth-order valence-corrected chi connectivity index (χ4v) is 4.38. The molecule has 5 heteroatoms. The Morgan fingerprint density at radius 2 is 2.00 bits per heavy atom. The highest BCUT2D eigenvalue weighted by atomic mass is 32.2. The van der Waals surface area contributed by atoms with Crippen LogP contribution in [0.5, 0.6) is 0 Å². The van der Waals surface area contributed by atoms with E-state index < -0.39 is 10.0 Å². The van der Waals surface area contributed by atoms with Crippen LogP contribution in [0.15, 0.2) is 34.2 Å². The summed E-state index contributed by atoms with van der Waals surface area (Å²) >= 11 is 0. The first-order valence-corrected chi connectivity index (χ1v) is 8.73. The van der Waals surface area contributed by atoms with Gasteiger partial charge in [-0.05, 0) is 30.4 Å². The van der Waals surface area contributed by atoms with Crippen LogP contribution >= 0.6 is 0 Å². The minimum atomic E-state index is -3.40. The fourth-order valence-electron chi connectivity index (χ4n) is 3.12. The Kier molecular flexibility index (Phi) is 3.54. The highest BCUT2D eigenvalue weighted by Gasteiger charge is 2.30. The van der Waals surface area contributed by atoms with Gasteiger partial charge in [-0.3, -0.25) is 9.71 Å². The van der Waals surface area contributed by atoms with Crippen LogP contribution in [0.2, 0.25) is 0 Å². The van der Waals surface area contributed by atoms with Crippen LogP contribution in [0.3, 0.4) is 0 Å². The second kappa shape index (κ2) is 5.20. The quantitative estimate of drug-likeness (QED) is 0.910. The smallest absolute Gasteiger partial charge is 0.263 e. The van der Waals surface area contributed by atoms with E-state index in [1.807, 2.05) is 12.1 Å². The Labute approximate surface area is 120 Å². The van der Waals surface area contributed by atoms with Crippen molar-refractivity contribution in [2.45, 2.75) is 37.5 Å². The number of nitrogens with one attached hydrogen (secondary N) is 1. The summed E-state index contributed by atoms with van der Waals surface area (Å²) in [4.78, 5) is 4.90. The van der Waals surface area contributed by atoms with Gasteiger partial charge < -0.3 is 0 Å². The molecule has 108 valence electrons. The number of rotatable bonds is 2. The minimum Gasteiger partial charge on any atom is -0.267 e.